The van der Waals surface area contributed by atoms with E-state index in [2.05, 4.69) is 15.5 Å². The van der Waals surface area contributed by atoms with Crippen LogP contribution in [0.2, 0.25) is 0 Å². The van der Waals surface area contributed by atoms with E-state index in [0.29, 0.717) is 23.8 Å². The highest BCUT2D eigenvalue weighted by atomic mass is 19.1. The van der Waals surface area contributed by atoms with E-state index < -0.39 is 0 Å². The molecule has 0 bridgehead atoms. The van der Waals surface area contributed by atoms with Crippen molar-refractivity contribution < 1.29 is 13.7 Å². The van der Waals surface area contributed by atoms with Crippen LogP contribution in [0.1, 0.15) is 18.1 Å². The van der Waals surface area contributed by atoms with Crippen molar-refractivity contribution in [2.45, 2.75) is 19.8 Å². The van der Waals surface area contributed by atoms with Gasteiger partial charge in [0.25, 0.3) is 0 Å². The minimum Gasteiger partial charge on any atom is -0.339 e. The number of aryl methyl sites for hydroxylation is 2. The molecule has 0 atom stereocenters. The van der Waals surface area contributed by atoms with Gasteiger partial charge in [0.15, 0.2) is 5.82 Å². The Balaban J connectivity index is 1.85. The molecule has 0 saturated heterocycles. The summed E-state index contributed by atoms with van der Waals surface area (Å²) in [7, 11) is 0. The summed E-state index contributed by atoms with van der Waals surface area (Å²) in [5.74, 6) is 0.342. The van der Waals surface area contributed by atoms with E-state index in [-0.39, 0.29) is 18.1 Å². The second kappa shape index (κ2) is 5.39. The number of anilines is 1. The van der Waals surface area contributed by atoms with Crippen molar-refractivity contribution in [2.75, 3.05) is 5.32 Å². The second-order valence-corrected chi connectivity index (χ2v) is 3.79. The van der Waals surface area contributed by atoms with Crippen molar-refractivity contribution in [1.82, 2.24) is 10.1 Å². The number of carbonyl (C=O) groups excluding carboxylic acids is 1. The molecule has 1 aromatic heterocycles. The van der Waals surface area contributed by atoms with Crippen molar-refractivity contribution >= 4 is 11.6 Å². The Bertz CT molecular complexity index is 554. The Morgan fingerprint density at radius 1 is 1.50 bits per heavy atom. The summed E-state index contributed by atoms with van der Waals surface area (Å²) < 4.78 is 17.8. The van der Waals surface area contributed by atoms with Crippen LogP contribution < -0.4 is 5.32 Å². The van der Waals surface area contributed by atoms with Gasteiger partial charge in [-0.3, -0.25) is 4.79 Å². The minimum absolute atomic E-state index is 0.206. The topological polar surface area (TPSA) is 68.0 Å². The van der Waals surface area contributed by atoms with E-state index in [1.807, 2.05) is 0 Å². The van der Waals surface area contributed by atoms with E-state index in [0.717, 1.165) is 0 Å². The normalized spacial score (nSPS) is 10.3. The maximum Gasteiger partial charge on any atom is 0.227 e. The molecule has 94 valence electrons. The van der Waals surface area contributed by atoms with Crippen LogP contribution in [0.3, 0.4) is 0 Å². The third kappa shape index (κ3) is 3.38. The lowest BCUT2D eigenvalue weighted by Gasteiger charge is -2.03. The van der Waals surface area contributed by atoms with E-state index >= 15 is 0 Å². The molecule has 0 aliphatic heterocycles. The van der Waals surface area contributed by atoms with Gasteiger partial charge in [-0.2, -0.15) is 4.98 Å². The van der Waals surface area contributed by atoms with Gasteiger partial charge in [-0.05, 0) is 25.1 Å². The lowest BCUT2D eigenvalue weighted by Crippen LogP contribution is -2.12. The number of benzene rings is 1. The Hall–Kier alpha value is -2.24. The summed E-state index contributed by atoms with van der Waals surface area (Å²) in [5, 5.41) is 6.21. The van der Waals surface area contributed by atoms with Gasteiger partial charge in [-0.1, -0.05) is 11.2 Å². The van der Waals surface area contributed by atoms with Crippen LogP contribution in [0.5, 0.6) is 0 Å². The van der Waals surface area contributed by atoms with Crippen LogP contribution in [0, 0.1) is 12.7 Å². The third-order valence-corrected chi connectivity index (χ3v) is 2.24. The predicted octanol–water partition coefficient (Wildman–Crippen LogP) is 2.09. The zero-order chi connectivity index (χ0) is 13.0. The first-order valence-electron chi connectivity index (χ1n) is 5.48. The van der Waals surface area contributed by atoms with Crippen LogP contribution >= 0.6 is 0 Å². The van der Waals surface area contributed by atoms with Gasteiger partial charge in [0.2, 0.25) is 11.8 Å². The number of halogens is 1. The number of carbonyl (C=O) groups is 1. The van der Waals surface area contributed by atoms with Crippen molar-refractivity contribution in [3.05, 3.63) is 41.8 Å². The first kappa shape index (κ1) is 12.2. The van der Waals surface area contributed by atoms with Crippen LogP contribution in [-0.2, 0) is 11.2 Å². The third-order valence-electron chi connectivity index (χ3n) is 2.24. The summed E-state index contributed by atoms with van der Waals surface area (Å²) >= 11 is 0. The Labute approximate surface area is 103 Å². The van der Waals surface area contributed by atoms with Crippen LogP contribution in [-0.4, -0.2) is 16.0 Å². The molecule has 2 aromatic rings. The van der Waals surface area contributed by atoms with Gasteiger partial charge in [0.05, 0.1) is 0 Å². The number of hydrogen-bond acceptors (Lipinski definition) is 4. The molecule has 0 unspecified atom stereocenters. The number of hydrogen-bond donors (Lipinski definition) is 1. The summed E-state index contributed by atoms with van der Waals surface area (Å²) in [6, 6.07) is 5.73. The second-order valence-electron chi connectivity index (χ2n) is 3.79. The molecule has 1 amide bonds. The van der Waals surface area contributed by atoms with Crippen LogP contribution in [0.4, 0.5) is 10.1 Å². The van der Waals surface area contributed by atoms with Gasteiger partial charge < -0.3 is 9.84 Å². The molecule has 6 heteroatoms. The average molecular weight is 249 g/mol. The predicted molar refractivity (Wildman–Crippen MR) is 62.4 cm³/mol. The van der Waals surface area contributed by atoms with E-state index in [1.165, 1.54) is 18.2 Å². The first-order chi connectivity index (χ1) is 8.63. The van der Waals surface area contributed by atoms with Gasteiger partial charge >= 0.3 is 0 Å². The van der Waals surface area contributed by atoms with Crippen molar-refractivity contribution in [3.63, 3.8) is 0 Å². The standard InChI is InChI=1S/C12H12FN3O2/c1-8-14-12(18-16-8)6-5-11(17)15-10-4-2-3-9(13)7-10/h2-4,7H,5-6H2,1H3,(H,15,17). The molecule has 2 rings (SSSR count). The molecule has 0 saturated carbocycles. The lowest BCUT2D eigenvalue weighted by molar-refractivity contribution is -0.116. The number of rotatable bonds is 4. The van der Waals surface area contributed by atoms with Crippen LogP contribution in [0.15, 0.2) is 28.8 Å². The van der Waals surface area contributed by atoms with Gasteiger partial charge in [-0.25, -0.2) is 4.39 Å². The number of amides is 1. The molecular weight excluding hydrogens is 237 g/mol. The highest BCUT2D eigenvalue weighted by molar-refractivity contribution is 5.90. The fourth-order valence-electron chi connectivity index (χ4n) is 1.45. The van der Waals surface area contributed by atoms with Gasteiger partial charge in [0, 0.05) is 18.5 Å². The molecule has 1 heterocycles. The Kier molecular flexibility index (Phi) is 3.66. The quantitative estimate of drug-likeness (QED) is 0.900. The monoisotopic (exact) mass is 249 g/mol. The minimum atomic E-state index is -0.389. The largest absolute Gasteiger partial charge is 0.339 e. The van der Waals surface area contributed by atoms with Crippen molar-refractivity contribution in [2.24, 2.45) is 0 Å². The summed E-state index contributed by atoms with van der Waals surface area (Å²) in [4.78, 5) is 15.6. The molecule has 5 nitrogen and oxygen atoms in total. The Morgan fingerprint density at radius 2 is 2.33 bits per heavy atom. The molecule has 0 radical (unpaired) electrons. The number of nitrogens with zero attached hydrogens (tertiary/aromatic N) is 2. The molecule has 0 fully saturated rings. The van der Waals surface area contributed by atoms with Gasteiger partial charge in [0.1, 0.15) is 5.82 Å². The zero-order valence-electron chi connectivity index (χ0n) is 9.81. The molecule has 1 aromatic carbocycles. The van der Waals surface area contributed by atoms with Crippen molar-refractivity contribution in [3.8, 4) is 0 Å². The smallest absolute Gasteiger partial charge is 0.227 e. The summed E-state index contributed by atoms with van der Waals surface area (Å²) in [6.07, 6.45) is 0.570. The molecule has 1 N–H and O–H groups in total. The van der Waals surface area contributed by atoms with Crippen molar-refractivity contribution in [1.29, 1.82) is 0 Å². The van der Waals surface area contributed by atoms with E-state index in [9.17, 15) is 9.18 Å². The SMILES string of the molecule is Cc1noc(CCC(=O)Nc2cccc(F)c2)n1. The van der Waals surface area contributed by atoms with E-state index in [1.54, 1.807) is 13.0 Å². The maximum absolute atomic E-state index is 12.9. The molecular formula is C12H12FN3O2. The molecule has 0 spiro atoms. The number of aromatic nitrogens is 2. The maximum atomic E-state index is 12.9. The Morgan fingerprint density at radius 3 is 3.00 bits per heavy atom. The average Bonchev–Trinajstić information content (AvgIpc) is 2.73. The summed E-state index contributed by atoms with van der Waals surface area (Å²) in [6.45, 7) is 1.71. The van der Waals surface area contributed by atoms with Gasteiger partial charge in [-0.15, -0.1) is 0 Å². The molecule has 18 heavy (non-hydrogen) atoms. The van der Waals surface area contributed by atoms with E-state index in [4.69, 9.17) is 4.52 Å². The fraction of sp³-hybridized carbons (Fsp3) is 0.250. The number of nitrogens with one attached hydrogen (secondary N) is 1. The molecule has 0 aliphatic carbocycles. The highest BCUT2D eigenvalue weighted by Gasteiger charge is 2.07. The lowest BCUT2D eigenvalue weighted by atomic mass is 10.2. The first-order valence-corrected chi connectivity index (χ1v) is 5.48. The zero-order valence-corrected chi connectivity index (χ0v) is 9.81. The van der Waals surface area contributed by atoms with Crippen LogP contribution in [0.25, 0.3) is 0 Å². The highest BCUT2D eigenvalue weighted by Crippen LogP contribution is 2.10. The fourth-order valence-corrected chi connectivity index (χ4v) is 1.45. The molecule has 0 aliphatic rings. The summed E-state index contributed by atoms with van der Waals surface area (Å²) in [5.41, 5.74) is 0.432.